The van der Waals surface area contributed by atoms with Crippen LogP contribution in [0.4, 0.5) is 10.1 Å². The summed E-state index contributed by atoms with van der Waals surface area (Å²) in [6.07, 6.45) is 3.27. The maximum Gasteiger partial charge on any atom is 0.145 e. The van der Waals surface area contributed by atoms with Crippen LogP contribution in [0, 0.1) is 5.82 Å². The highest BCUT2D eigenvalue weighted by molar-refractivity contribution is 6.31. The van der Waals surface area contributed by atoms with E-state index in [4.69, 9.17) is 26.8 Å². The molecule has 1 aliphatic heterocycles. The van der Waals surface area contributed by atoms with Crippen molar-refractivity contribution in [1.29, 1.82) is 0 Å². The minimum atomic E-state index is -0.527. The molecule has 0 amide bonds. The van der Waals surface area contributed by atoms with Crippen molar-refractivity contribution < 1.29 is 13.9 Å². The molecule has 17 heavy (non-hydrogen) atoms. The molecule has 1 heterocycles. The second kappa shape index (κ2) is 5.56. The Balaban J connectivity index is 1.96. The highest BCUT2D eigenvalue weighted by Gasteiger charge is 2.15. The Morgan fingerprint density at radius 3 is 3.00 bits per heavy atom. The standard InChI is InChI=1S/C12H15ClFNO2/c13-9-5-11(15)12(6-10(9)14)17-7-8-3-1-2-4-16-8/h5-6,8H,1-4,7,15H2. The first-order valence-corrected chi connectivity index (χ1v) is 6.03. The Bertz CT molecular complexity index is 394. The van der Waals surface area contributed by atoms with Crippen molar-refractivity contribution in [2.24, 2.45) is 0 Å². The molecule has 0 saturated carbocycles. The summed E-state index contributed by atoms with van der Waals surface area (Å²) < 4.78 is 24.2. The fourth-order valence-corrected chi connectivity index (χ4v) is 1.96. The fourth-order valence-electron chi connectivity index (χ4n) is 1.79. The van der Waals surface area contributed by atoms with Crippen LogP contribution >= 0.6 is 11.6 Å². The third-order valence-corrected chi connectivity index (χ3v) is 3.04. The highest BCUT2D eigenvalue weighted by atomic mass is 35.5. The Kier molecular flexibility index (Phi) is 4.07. The molecule has 0 radical (unpaired) electrons. The Labute approximate surface area is 105 Å². The van der Waals surface area contributed by atoms with Crippen LogP contribution < -0.4 is 10.5 Å². The zero-order valence-electron chi connectivity index (χ0n) is 9.42. The lowest BCUT2D eigenvalue weighted by Crippen LogP contribution is -2.26. The minimum absolute atomic E-state index is 0.00349. The Morgan fingerprint density at radius 2 is 2.29 bits per heavy atom. The van der Waals surface area contributed by atoms with Gasteiger partial charge in [-0.15, -0.1) is 0 Å². The van der Waals surface area contributed by atoms with E-state index in [9.17, 15) is 4.39 Å². The monoisotopic (exact) mass is 259 g/mol. The van der Waals surface area contributed by atoms with Crippen molar-refractivity contribution in [3.05, 3.63) is 23.0 Å². The van der Waals surface area contributed by atoms with E-state index in [-0.39, 0.29) is 11.1 Å². The predicted octanol–water partition coefficient (Wildman–Crippen LogP) is 3.01. The van der Waals surface area contributed by atoms with Crippen molar-refractivity contribution in [3.63, 3.8) is 0 Å². The largest absolute Gasteiger partial charge is 0.489 e. The van der Waals surface area contributed by atoms with E-state index in [0.29, 0.717) is 18.0 Å². The Hall–Kier alpha value is -1.00. The zero-order valence-corrected chi connectivity index (χ0v) is 10.2. The number of nitrogens with two attached hydrogens (primary N) is 1. The second-order valence-corrected chi connectivity index (χ2v) is 4.51. The SMILES string of the molecule is Nc1cc(Cl)c(F)cc1OCC1CCCCO1. The summed E-state index contributed by atoms with van der Waals surface area (Å²) in [5.41, 5.74) is 6.03. The summed E-state index contributed by atoms with van der Waals surface area (Å²) in [4.78, 5) is 0. The van der Waals surface area contributed by atoms with Crippen LogP contribution in [0.2, 0.25) is 5.02 Å². The van der Waals surface area contributed by atoms with Gasteiger partial charge in [0.25, 0.3) is 0 Å². The van der Waals surface area contributed by atoms with E-state index in [1.807, 2.05) is 0 Å². The van der Waals surface area contributed by atoms with Gasteiger partial charge in [-0.2, -0.15) is 0 Å². The summed E-state index contributed by atoms with van der Waals surface area (Å²) in [5.74, 6) is -0.207. The molecule has 1 fully saturated rings. The third-order valence-electron chi connectivity index (χ3n) is 2.75. The summed E-state index contributed by atoms with van der Waals surface area (Å²) in [7, 11) is 0. The maximum absolute atomic E-state index is 13.2. The average molecular weight is 260 g/mol. The van der Waals surface area contributed by atoms with Gasteiger partial charge in [-0.25, -0.2) is 4.39 Å². The number of hydrogen-bond acceptors (Lipinski definition) is 3. The molecule has 1 unspecified atom stereocenters. The molecule has 3 nitrogen and oxygen atoms in total. The molecule has 0 bridgehead atoms. The molecule has 1 saturated heterocycles. The van der Waals surface area contributed by atoms with E-state index in [1.54, 1.807) is 0 Å². The lowest BCUT2D eigenvalue weighted by atomic mass is 10.1. The molecular formula is C12H15ClFNO2. The van der Waals surface area contributed by atoms with Gasteiger partial charge in [0.15, 0.2) is 0 Å². The van der Waals surface area contributed by atoms with Gasteiger partial charge in [-0.3, -0.25) is 0 Å². The quantitative estimate of drug-likeness (QED) is 0.849. The molecule has 1 aromatic carbocycles. The van der Waals surface area contributed by atoms with Crippen molar-refractivity contribution in [3.8, 4) is 5.75 Å². The van der Waals surface area contributed by atoms with Crippen molar-refractivity contribution in [2.75, 3.05) is 18.9 Å². The van der Waals surface area contributed by atoms with Crippen LogP contribution in [-0.2, 0) is 4.74 Å². The number of halogens is 2. The molecule has 0 aromatic heterocycles. The average Bonchev–Trinajstić information content (AvgIpc) is 2.33. The van der Waals surface area contributed by atoms with Crippen LogP contribution in [0.25, 0.3) is 0 Å². The topological polar surface area (TPSA) is 44.5 Å². The Morgan fingerprint density at radius 1 is 1.47 bits per heavy atom. The van der Waals surface area contributed by atoms with Gasteiger partial charge < -0.3 is 15.2 Å². The summed E-state index contributed by atoms with van der Waals surface area (Å²) in [5, 5.41) is 0.00349. The van der Waals surface area contributed by atoms with Gasteiger partial charge >= 0.3 is 0 Å². The van der Waals surface area contributed by atoms with Crippen LogP contribution in [-0.4, -0.2) is 19.3 Å². The van der Waals surface area contributed by atoms with E-state index in [2.05, 4.69) is 0 Å². The lowest BCUT2D eigenvalue weighted by Gasteiger charge is -2.23. The van der Waals surface area contributed by atoms with Crippen molar-refractivity contribution in [2.45, 2.75) is 25.4 Å². The second-order valence-electron chi connectivity index (χ2n) is 4.10. The lowest BCUT2D eigenvalue weighted by molar-refractivity contribution is -0.0109. The normalized spacial score (nSPS) is 20.2. The molecule has 2 rings (SSSR count). The fraction of sp³-hybridized carbons (Fsp3) is 0.500. The molecule has 1 aromatic rings. The molecule has 0 aliphatic carbocycles. The number of hydrogen-bond donors (Lipinski definition) is 1. The first kappa shape index (κ1) is 12.5. The van der Waals surface area contributed by atoms with E-state index < -0.39 is 5.82 Å². The molecule has 1 aliphatic rings. The van der Waals surface area contributed by atoms with Gasteiger partial charge in [0.2, 0.25) is 0 Å². The van der Waals surface area contributed by atoms with Gasteiger partial charge in [0.05, 0.1) is 16.8 Å². The van der Waals surface area contributed by atoms with Gasteiger partial charge in [0.1, 0.15) is 18.2 Å². The van der Waals surface area contributed by atoms with E-state index in [1.165, 1.54) is 12.1 Å². The van der Waals surface area contributed by atoms with E-state index >= 15 is 0 Å². The predicted molar refractivity (Wildman–Crippen MR) is 64.9 cm³/mol. The van der Waals surface area contributed by atoms with Crippen LogP contribution in [0.3, 0.4) is 0 Å². The number of benzene rings is 1. The number of ether oxygens (including phenoxy) is 2. The van der Waals surface area contributed by atoms with Gasteiger partial charge in [-0.1, -0.05) is 11.6 Å². The van der Waals surface area contributed by atoms with Crippen molar-refractivity contribution >= 4 is 17.3 Å². The van der Waals surface area contributed by atoms with Crippen LogP contribution in [0.5, 0.6) is 5.75 Å². The van der Waals surface area contributed by atoms with Gasteiger partial charge in [-0.05, 0) is 25.3 Å². The number of rotatable bonds is 3. The molecule has 5 heteroatoms. The number of anilines is 1. The smallest absolute Gasteiger partial charge is 0.145 e. The van der Waals surface area contributed by atoms with Gasteiger partial charge in [0, 0.05) is 12.7 Å². The summed E-state index contributed by atoms with van der Waals surface area (Å²) in [6.45, 7) is 1.16. The molecular weight excluding hydrogens is 245 g/mol. The van der Waals surface area contributed by atoms with Crippen LogP contribution in [0.1, 0.15) is 19.3 Å². The van der Waals surface area contributed by atoms with Crippen molar-refractivity contribution in [1.82, 2.24) is 0 Å². The number of nitrogen functional groups attached to an aromatic ring is 1. The third kappa shape index (κ3) is 3.23. The molecule has 2 N–H and O–H groups in total. The zero-order chi connectivity index (χ0) is 12.3. The molecule has 0 spiro atoms. The minimum Gasteiger partial charge on any atom is -0.489 e. The maximum atomic E-state index is 13.2. The highest BCUT2D eigenvalue weighted by Crippen LogP contribution is 2.28. The summed E-state index contributed by atoms with van der Waals surface area (Å²) >= 11 is 5.60. The first-order chi connectivity index (χ1) is 8.16. The first-order valence-electron chi connectivity index (χ1n) is 5.66. The molecule has 1 atom stereocenters. The molecule has 94 valence electrons. The summed E-state index contributed by atoms with van der Waals surface area (Å²) in [6, 6.07) is 2.56. The van der Waals surface area contributed by atoms with Crippen LogP contribution in [0.15, 0.2) is 12.1 Å². The van der Waals surface area contributed by atoms with E-state index in [0.717, 1.165) is 25.9 Å².